The minimum atomic E-state index is -1.33. The summed E-state index contributed by atoms with van der Waals surface area (Å²) >= 11 is 1.82. The van der Waals surface area contributed by atoms with Gasteiger partial charge in [-0.1, -0.05) is 105 Å². The first-order valence-electron chi connectivity index (χ1n) is 14.7. The van der Waals surface area contributed by atoms with E-state index in [1.54, 1.807) is 6.20 Å². The van der Waals surface area contributed by atoms with Gasteiger partial charge in [-0.25, -0.2) is 0 Å². The van der Waals surface area contributed by atoms with Crippen molar-refractivity contribution in [1.29, 1.82) is 0 Å². The molecule has 0 N–H and O–H groups in total. The zero-order chi connectivity index (χ0) is 27.1. The van der Waals surface area contributed by atoms with Gasteiger partial charge in [0.05, 0.1) is 5.69 Å². The number of nitrogens with zero attached hydrogens (tertiary/aromatic N) is 1. The van der Waals surface area contributed by atoms with Gasteiger partial charge in [0, 0.05) is 34.7 Å². The molecule has 0 saturated heterocycles. The van der Waals surface area contributed by atoms with Crippen LogP contribution in [0.1, 0.15) is 40.4 Å². The summed E-state index contributed by atoms with van der Waals surface area (Å²) < 4.78 is 20.4. The first kappa shape index (κ1) is 21.2. The van der Waals surface area contributed by atoms with Crippen molar-refractivity contribution in [2.45, 2.75) is 38.5 Å². The molecule has 38 heavy (non-hydrogen) atoms. The first-order valence-corrected chi connectivity index (χ1v) is 14.5. The monoisotopic (exact) mass is 511 g/mol. The minimum Gasteiger partial charge on any atom is -0.256 e. The normalized spacial score (nSPS) is 15.5. The highest BCUT2D eigenvalue weighted by Crippen LogP contribution is 2.38. The van der Waals surface area contributed by atoms with E-state index < -0.39 is 6.37 Å². The SMILES string of the molecule is [2H]C([2H])(c1ccnc(-c2ccc3sc4cc(-c5ccc(-c6ccccc6)cc5)ccc4c3c2)c1)C1CCCCC1. The number of aromatic nitrogens is 1. The van der Waals surface area contributed by atoms with Crippen LogP contribution in [0, 0.1) is 5.92 Å². The third-order valence-electron chi connectivity index (χ3n) is 7.83. The number of benzene rings is 4. The second-order valence-corrected chi connectivity index (χ2v) is 11.5. The molecule has 0 amide bonds. The zero-order valence-electron chi connectivity index (χ0n) is 23.4. The molecular formula is C36H31NS. The predicted molar refractivity (Wildman–Crippen MR) is 164 cm³/mol. The molecule has 0 atom stereocenters. The maximum atomic E-state index is 8.92. The Hall–Kier alpha value is -3.75. The molecule has 0 spiro atoms. The molecular weight excluding hydrogens is 478 g/mol. The van der Waals surface area contributed by atoms with Gasteiger partial charge in [0.1, 0.15) is 0 Å². The van der Waals surface area contributed by atoms with Crippen LogP contribution < -0.4 is 0 Å². The van der Waals surface area contributed by atoms with E-state index in [1.807, 2.05) is 29.5 Å². The van der Waals surface area contributed by atoms with Crippen molar-refractivity contribution in [3.8, 4) is 33.5 Å². The van der Waals surface area contributed by atoms with Gasteiger partial charge < -0.3 is 0 Å². The highest BCUT2D eigenvalue weighted by molar-refractivity contribution is 7.25. The largest absolute Gasteiger partial charge is 0.256 e. The van der Waals surface area contributed by atoms with E-state index >= 15 is 0 Å². The van der Waals surface area contributed by atoms with E-state index in [0.29, 0.717) is 0 Å². The summed E-state index contributed by atoms with van der Waals surface area (Å²) in [5.74, 6) is 0.0866. The number of thiophene rings is 1. The van der Waals surface area contributed by atoms with Crippen molar-refractivity contribution in [3.63, 3.8) is 0 Å². The lowest BCUT2D eigenvalue weighted by Crippen LogP contribution is -2.09. The molecule has 186 valence electrons. The highest BCUT2D eigenvalue weighted by Gasteiger charge is 2.15. The van der Waals surface area contributed by atoms with Gasteiger partial charge in [-0.2, -0.15) is 0 Å². The molecule has 1 aliphatic rings. The minimum absolute atomic E-state index is 0.0866. The Morgan fingerprint density at radius 3 is 2.16 bits per heavy atom. The Morgan fingerprint density at radius 1 is 0.632 bits per heavy atom. The molecule has 1 fully saturated rings. The van der Waals surface area contributed by atoms with Crippen molar-refractivity contribution < 1.29 is 2.74 Å². The highest BCUT2D eigenvalue weighted by atomic mass is 32.1. The van der Waals surface area contributed by atoms with Gasteiger partial charge in [0.15, 0.2) is 0 Å². The van der Waals surface area contributed by atoms with Crippen LogP contribution in [0.2, 0.25) is 0 Å². The van der Waals surface area contributed by atoms with Crippen molar-refractivity contribution in [2.24, 2.45) is 5.92 Å². The van der Waals surface area contributed by atoms with E-state index in [0.717, 1.165) is 42.5 Å². The van der Waals surface area contributed by atoms with Gasteiger partial charge >= 0.3 is 0 Å². The van der Waals surface area contributed by atoms with Crippen molar-refractivity contribution >= 4 is 31.5 Å². The van der Waals surface area contributed by atoms with Crippen LogP contribution in [-0.2, 0) is 6.37 Å². The smallest absolute Gasteiger partial charge is 0.0704 e. The first-order chi connectivity index (χ1) is 19.6. The molecule has 2 aromatic heterocycles. The van der Waals surface area contributed by atoms with Crippen LogP contribution in [0.4, 0.5) is 0 Å². The lowest BCUT2D eigenvalue weighted by atomic mass is 9.85. The molecule has 0 bridgehead atoms. The molecule has 1 saturated carbocycles. The Kier molecular flexibility index (Phi) is 5.69. The number of hydrogen-bond donors (Lipinski definition) is 0. The standard InChI is InChI=1S/C36H31NS/c1-3-7-25(8-4-1)21-26-19-20-37-34(22-26)31-16-18-35-33(23-31)32-17-15-30(24-36(32)38-35)29-13-11-28(12-14-29)27-9-5-2-6-10-27/h2,5-6,9-20,22-25H,1,3-4,7-8,21H2/i21D2. The Labute approximate surface area is 231 Å². The molecule has 2 heterocycles. The molecule has 0 aliphatic heterocycles. The lowest BCUT2D eigenvalue weighted by molar-refractivity contribution is 0.356. The number of fused-ring (bicyclic) bond motifs is 3. The molecule has 0 radical (unpaired) electrons. The van der Waals surface area contributed by atoms with Crippen LogP contribution >= 0.6 is 11.3 Å². The molecule has 4 aromatic carbocycles. The van der Waals surface area contributed by atoms with Crippen molar-refractivity contribution in [1.82, 2.24) is 4.98 Å². The predicted octanol–water partition coefficient (Wildman–Crippen LogP) is 10.6. The van der Waals surface area contributed by atoms with Gasteiger partial charge in [0.25, 0.3) is 0 Å². The summed E-state index contributed by atoms with van der Waals surface area (Å²) in [6.07, 6.45) is 5.87. The fraction of sp³-hybridized carbons (Fsp3) is 0.194. The van der Waals surface area contributed by atoms with Gasteiger partial charge in [-0.15, -0.1) is 11.3 Å². The summed E-state index contributed by atoms with van der Waals surface area (Å²) in [7, 11) is 0. The van der Waals surface area contributed by atoms with Crippen LogP contribution in [-0.4, -0.2) is 4.98 Å². The van der Waals surface area contributed by atoms with Gasteiger partial charge in [0.2, 0.25) is 0 Å². The second-order valence-electron chi connectivity index (χ2n) is 10.4. The summed E-state index contributed by atoms with van der Waals surface area (Å²) in [5, 5.41) is 2.48. The second kappa shape index (κ2) is 10.2. The Morgan fingerprint density at radius 2 is 1.34 bits per heavy atom. The number of pyridine rings is 1. The fourth-order valence-electron chi connectivity index (χ4n) is 5.76. The number of hydrogen-bond acceptors (Lipinski definition) is 2. The van der Waals surface area contributed by atoms with E-state index in [9.17, 15) is 0 Å². The lowest BCUT2D eigenvalue weighted by Gasteiger charge is -2.21. The van der Waals surface area contributed by atoms with Crippen LogP contribution in [0.15, 0.2) is 109 Å². The average Bonchev–Trinajstić information content (AvgIpc) is 3.39. The topological polar surface area (TPSA) is 12.9 Å². The summed E-state index contributed by atoms with van der Waals surface area (Å²) in [4.78, 5) is 4.66. The summed E-state index contributed by atoms with van der Waals surface area (Å²) in [5.41, 5.74) is 7.52. The van der Waals surface area contributed by atoms with Crippen molar-refractivity contribution in [2.75, 3.05) is 0 Å². The number of rotatable bonds is 5. The molecule has 7 rings (SSSR count). The molecule has 1 nitrogen and oxygen atoms in total. The quantitative estimate of drug-likeness (QED) is 0.224. The molecule has 6 aromatic rings. The summed E-state index contributed by atoms with van der Waals surface area (Å²) in [6.45, 7) is 0. The third kappa shape index (κ3) is 4.66. The van der Waals surface area contributed by atoms with E-state index in [-0.39, 0.29) is 5.92 Å². The van der Waals surface area contributed by atoms with Crippen LogP contribution in [0.25, 0.3) is 53.7 Å². The maximum Gasteiger partial charge on any atom is 0.0704 e. The average molecular weight is 512 g/mol. The maximum absolute atomic E-state index is 8.92. The summed E-state index contributed by atoms with van der Waals surface area (Å²) in [6, 6.07) is 36.4. The van der Waals surface area contributed by atoms with E-state index in [1.165, 1.54) is 48.8 Å². The van der Waals surface area contributed by atoms with Crippen LogP contribution in [0.5, 0.6) is 0 Å². The molecule has 1 aliphatic carbocycles. The van der Waals surface area contributed by atoms with E-state index in [4.69, 9.17) is 2.74 Å². The fourth-order valence-corrected chi connectivity index (χ4v) is 6.89. The molecule has 2 heteroatoms. The van der Waals surface area contributed by atoms with Gasteiger partial charge in [-0.3, -0.25) is 4.98 Å². The Balaban J connectivity index is 1.20. The molecule has 0 unspecified atom stereocenters. The zero-order valence-corrected chi connectivity index (χ0v) is 22.2. The Bertz CT molecular complexity index is 1800. The van der Waals surface area contributed by atoms with Crippen molar-refractivity contribution in [3.05, 3.63) is 115 Å². The van der Waals surface area contributed by atoms with E-state index in [2.05, 4.69) is 89.9 Å². The van der Waals surface area contributed by atoms with Crippen LogP contribution in [0.3, 0.4) is 0 Å². The van der Waals surface area contributed by atoms with Gasteiger partial charge in [-0.05, 0) is 70.4 Å². The third-order valence-corrected chi connectivity index (χ3v) is 8.96.